The Morgan fingerprint density at radius 3 is 2.58 bits per heavy atom. The number of rotatable bonds is 7. The van der Waals surface area contributed by atoms with Crippen LogP contribution in [-0.4, -0.2) is 37.6 Å². The summed E-state index contributed by atoms with van der Waals surface area (Å²) in [5.74, 6) is 1.98. The summed E-state index contributed by atoms with van der Waals surface area (Å²) >= 11 is 0. The predicted octanol–water partition coefficient (Wildman–Crippen LogP) is 2.78. The van der Waals surface area contributed by atoms with Gasteiger partial charge in [0.15, 0.2) is 0 Å². The maximum atomic E-state index is 11.7. The summed E-state index contributed by atoms with van der Waals surface area (Å²) in [5, 5.41) is 5.98. The van der Waals surface area contributed by atoms with Gasteiger partial charge < -0.3 is 15.5 Å². The van der Waals surface area contributed by atoms with Gasteiger partial charge in [-0.2, -0.15) is 0 Å². The summed E-state index contributed by atoms with van der Waals surface area (Å²) in [6, 6.07) is 4.13. The highest BCUT2D eigenvalue weighted by Crippen LogP contribution is 2.21. The van der Waals surface area contributed by atoms with Crippen LogP contribution in [0, 0.1) is 5.92 Å². The first-order valence-corrected chi connectivity index (χ1v) is 8.30. The van der Waals surface area contributed by atoms with Gasteiger partial charge in [0.05, 0.1) is 0 Å². The average molecular weight is 377 g/mol. The van der Waals surface area contributed by atoms with Crippen molar-refractivity contribution in [2.24, 2.45) is 5.92 Å². The largest absolute Gasteiger partial charge is 0.357 e. The Morgan fingerprint density at radius 2 is 2.00 bits per heavy atom. The molecule has 0 atom stereocenters. The van der Waals surface area contributed by atoms with E-state index in [1.807, 2.05) is 13.2 Å². The minimum absolute atomic E-state index is 0. The maximum absolute atomic E-state index is 11.7. The summed E-state index contributed by atoms with van der Waals surface area (Å²) in [7, 11) is 1.90. The molecule has 2 rings (SSSR count). The molecule has 1 aliphatic heterocycles. The molecule has 1 aliphatic rings. The lowest BCUT2D eigenvalue weighted by molar-refractivity contribution is -0.121. The molecule has 7 heteroatoms. The van der Waals surface area contributed by atoms with Crippen LogP contribution in [0.2, 0.25) is 0 Å². The Kier molecular flexibility index (Phi) is 11.8. The van der Waals surface area contributed by atoms with Crippen molar-refractivity contribution >= 4 is 36.5 Å². The van der Waals surface area contributed by atoms with Crippen molar-refractivity contribution in [2.75, 3.05) is 31.6 Å². The lowest BCUT2D eigenvalue weighted by atomic mass is 9.99. The van der Waals surface area contributed by atoms with Gasteiger partial charge in [-0.05, 0) is 50.4 Å². The highest BCUT2D eigenvalue weighted by Gasteiger charge is 2.16. The summed E-state index contributed by atoms with van der Waals surface area (Å²) in [4.78, 5) is 18.6. The molecule has 0 aliphatic carbocycles. The molecule has 1 aromatic rings. The van der Waals surface area contributed by atoms with Crippen LogP contribution in [0.4, 0.5) is 5.82 Å². The zero-order valence-corrected chi connectivity index (χ0v) is 16.2. The molecule has 0 aromatic carbocycles. The van der Waals surface area contributed by atoms with E-state index in [9.17, 15) is 4.79 Å². The number of halogens is 2. The van der Waals surface area contributed by atoms with Gasteiger partial charge in [0.1, 0.15) is 5.82 Å². The fourth-order valence-electron chi connectivity index (χ4n) is 2.66. The molecule has 0 radical (unpaired) electrons. The second-order valence-electron chi connectivity index (χ2n) is 6.18. The topological polar surface area (TPSA) is 57.3 Å². The summed E-state index contributed by atoms with van der Waals surface area (Å²) in [6.45, 7) is 5.93. The number of carbonyl (C=O) groups excluding carboxylic acids is 1. The first kappa shape index (κ1) is 23.0. The fraction of sp³-hybridized carbons (Fsp3) is 0.647. The highest BCUT2D eigenvalue weighted by atomic mass is 35.5. The van der Waals surface area contributed by atoms with Crippen molar-refractivity contribution < 1.29 is 4.79 Å². The van der Waals surface area contributed by atoms with Gasteiger partial charge in [-0.1, -0.05) is 13.0 Å². The van der Waals surface area contributed by atoms with E-state index in [4.69, 9.17) is 0 Å². The highest BCUT2D eigenvalue weighted by molar-refractivity contribution is 5.85. The van der Waals surface area contributed by atoms with Gasteiger partial charge in [-0.15, -0.1) is 24.8 Å². The number of pyridine rings is 1. The van der Waals surface area contributed by atoms with Gasteiger partial charge in [-0.3, -0.25) is 4.79 Å². The van der Waals surface area contributed by atoms with Crippen LogP contribution in [-0.2, 0) is 11.3 Å². The Bertz CT molecular complexity index is 462. The normalized spacial score (nSPS) is 14.5. The van der Waals surface area contributed by atoms with Crippen LogP contribution < -0.4 is 15.5 Å². The molecule has 0 unspecified atom stereocenters. The third kappa shape index (κ3) is 7.69. The van der Waals surface area contributed by atoms with Gasteiger partial charge >= 0.3 is 0 Å². The molecule has 1 aromatic heterocycles. The minimum Gasteiger partial charge on any atom is -0.357 e. The number of nitrogens with one attached hydrogen (secondary N) is 2. The lowest BCUT2D eigenvalue weighted by Gasteiger charge is -2.31. The van der Waals surface area contributed by atoms with E-state index in [-0.39, 0.29) is 30.7 Å². The third-order valence-corrected chi connectivity index (χ3v) is 4.24. The van der Waals surface area contributed by atoms with Crippen molar-refractivity contribution in [1.82, 2.24) is 15.6 Å². The number of piperidine rings is 1. The molecule has 2 N–H and O–H groups in total. The van der Waals surface area contributed by atoms with E-state index in [1.165, 1.54) is 12.8 Å². The van der Waals surface area contributed by atoms with Gasteiger partial charge in [-0.25, -0.2) is 4.98 Å². The number of hydrogen-bond donors (Lipinski definition) is 2. The average Bonchev–Trinajstić information content (AvgIpc) is 2.54. The number of hydrogen-bond acceptors (Lipinski definition) is 4. The van der Waals surface area contributed by atoms with Crippen LogP contribution in [0.1, 0.15) is 38.2 Å². The molecule has 5 nitrogen and oxygen atoms in total. The van der Waals surface area contributed by atoms with Crippen LogP contribution in [0.5, 0.6) is 0 Å². The second-order valence-corrected chi connectivity index (χ2v) is 6.18. The summed E-state index contributed by atoms with van der Waals surface area (Å²) in [6.07, 6.45) is 5.80. The zero-order valence-electron chi connectivity index (χ0n) is 14.6. The molecular formula is C17H30Cl2N4O. The standard InChI is InChI=1S/C17H28N4O.2ClH/c1-14-7-10-21(11-8-14)16-6-5-15(12-19-16)13-20-17(22)4-3-9-18-2;;/h5-6,12,14,18H,3-4,7-11,13H2,1-2H3,(H,20,22);2*1H. The van der Waals surface area contributed by atoms with Crippen molar-refractivity contribution in [3.63, 3.8) is 0 Å². The molecule has 24 heavy (non-hydrogen) atoms. The number of aromatic nitrogens is 1. The maximum Gasteiger partial charge on any atom is 0.220 e. The van der Waals surface area contributed by atoms with Crippen molar-refractivity contribution in [3.05, 3.63) is 23.9 Å². The van der Waals surface area contributed by atoms with Crippen LogP contribution in [0.25, 0.3) is 0 Å². The van der Waals surface area contributed by atoms with E-state index in [0.29, 0.717) is 13.0 Å². The third-order valence-electron chi connectivity index (χ3n) is 4.24. The number of nitrogens with zero attached hydrogens (tertiary/aromatic N) is 2. The fourth-order valence-corrected chi connectivity index (χ4v) is 2.66. The molecule has 138 valence electrons. The SMILES string of the molecule is CNCCCC(=O)NCc1ccc(N2CCC(C)CC2)nc1.Cl.Cl. The number of carbonyl (C=O) groups is 1. The Balaban J connectivity index is 0.00000264. The van der Waals surface area contributed by atoms with E-state index in [1.54, 1.807) is 0 Å². The van der Waals surface area contributed by atoms with Gasteiger partial charge in [0, 0.05) is 32.3 Å². The smallest absolute Gasteiger partial charge is 0.220 e. The second kappa shape index (κ2) is 12.3. The summed E-state index contributed by atoms with van der Waals surface area (Å²) in [5.41, 5.74) is 1.05. The van der Waals surface area contributed by atoms with E-state index >= 15 is 0 Å². The molecule has 1 fully saturated rings. The van der Waals surface area contributed by atoms with Crippen LogP contribution in [0.3, 0.4) is 0 Å². The van der Waals surface area contributed by atoms with Gasteiger partial charge in [0.25, 0.3) is 0 Å². The Morgan fingerprint density at radius 1 is 1.29 bits per heavy atom. The molecular weight excluding hydrogens is 347 g/mol. The number of amides is 1. The molecule has 1 saturated heterocycles. The van der Waals surface area contributed by atoms with Crippen molar-refractivity contribution in [2.45, 2.75) is 39.2 Å². The Hall–Kier alpha value is -1.04. The van der Waals surface area contributed by atoms with Crippen LogP contribution in [0.15, 0.2) is 18.3 Å². The molecule has 0 spiro atoms. The Labute approximate surface area is 157 Å². The molecule has 2 heterocycles. The molecule has 1 amide bonds. The van der Waals surface area contributed by atoms with Crippen LogP contribution >= 0.6 is 24.8 Å². The first-order chi connectivity index (χ1) is 10.7. The first-order valence-electron chi connectivity index (χ1n) is 8.30. The lowest BCUT2D eigenvalue weighted by Crippen LogP contribution is -2.33. The zero-order chi connectivity index (χ0) is 15.8. The molecule has 0 saturated carbocycles. The molecule has 0 bridgehead atoms. The van der Waals surface area contributed by atoms with Crippen molar-refractivity contribution in [3.8, 4) is 0 Å². The monoisotopic (exact) mass is 376 g/mol. The summed E-state index contributed by atoms with van der Waals surface area (Å²) < 4.78 is 0. The van der Waals surface area contributed by atoms with Crippen molar-refractivity contribution in [1.29, 1.82) is 0 Å². The van der Waals surface area contributed by atoms with Gasteiger partial charge in [0.2, 0.25) is 5.91 Å². The quantitative estimate of drug-likeness (QED) is 0.718. The van der Waals surface area contributed by atoms with E-state index < -0.39 is 0 Å². The van der Waals surface area contributed by atoms with E-state index in [2.05, 4.69) is 39.6 Å². The predicted molar refractivity (Wildman–Crippen MR) is 104 cm³/mol. The number of anilines is 1. The van der Waals surface area contributed by atoms with E-state index in [0.717, 1.165) is 43.4 Å². The minimum atomic E-state index is 0.